The fourth-order valence-corrected chi connectivity index (χ4v) is 3.35. The van der Waals surface area contributed by atoms with Gasteiger partial charge in [-0.2, -0.15) is 0 Å². The number of halogens is 1. The number of likely N-dealkylation sites (tertiary alicyclic amines) is 1. The number of anilines is 1. The first-order chi connectivity index (χ1) is 11.5. The lowest BCUT2D eigenvalue weighted by molar-refractivity contribution is 0.0713. The van der Waals surface area contributed by atoms with E-state index in [1.807, 2.05) is 60.4 Å². The standard InChI is InChI=1S/C20H23ClN2O/c1-15-3-5-16(6-4-15)20(24)23-13-11-19(12-14-23)22(2)18-9-7-17(21)8-10-18/h3-10,19H,11-14H2,1-2H3. The van der Waals surface area contributed by atoms with E-state index in [9.17, 15) is 4.79 Å². The molecule has 0 saturated carbocycles. The Bertz CT molecular complexity index is 689. The van der Waals surface area contributed by atoms with Crippen LogP contribution in [0.1, 0.15) is 28.8 Å². The predicted octanol–water partition coefficient (Wildman–Crippen LogP) is 4.39. The minimum absolute atomic E-state index is 0.141. The molecule has 2 aromatic carbocycles. The van der Waals surface area contributed by atoms with Crippen LogP contribution < -0.4 is 4.90 Å². The average Bonchev–Trinajstić information content (AvgIpc) is 2.62. The number of nitrogens with zero attached hydrogens (tertiary/aromatic N) is 2. The molecule has 0 aromatic heterocycles. The molecule has 1 saturated heterocycles. The largest absolute Gasteiger partial charge is 0.371 e. The summed E-state index contributed by atoms with van der Waals surface area (Å²) in [6, 6.07) is 16.2. The zero-order valence-electron chi connectivity index (χ0n) is 14.2. The van der Waals surface area contributed by atoms with Crippen molar-refractivity contribution in [2.45, 2.75) is 25.8 Å². The maximum Gasteiger partial charge on any atom is 0.253 e. The van der Waals surface area contributed by atoms with Crippen LogP contribution in [0.2, 0.25) is 5.02 Å². The molecule has 1 aliphatic heterocycles. The lowest BCUT2D eigenvalue weighted by atomic mass is 10.0. The van der Waals surface area contributed by atoms with Crippen LogP contribution in [0, 0.1) is 6.92 Å². The number of hydrogen-bond acceptors (Lipinski definition) is 2. The Labute approximate surface area is 148 Å². The molecule has 24 heavy (non-hydrogen) atoms. The molecule has 0 spiro atoms. The molecule has 1 amide bonds. The van der Waals surface area contributed by atoms with E-state index in [4.69, 9.17) is 11.6 Å². The second-order valence-corrected chi connectivity index (χ2v) is 6.91. The highest BCUT2D eigenvalue weighted by atomic mass is 35.5. The van der Waals surface area contributed by atoms with Gasteiger partial charge in [0.05, 0.1) is 0 Å². The molecule has 0 aliphatic carbocycles. The third-order valence-corrected chi connectivity index (χ3v) is 5.08. The first-order valence-electron chi connectivity index (χ1n) is 8.39. The van der Waals surface area contributed by atoms with Crippen molar-refractivity contribution in [3.8, 4) is 0 Å². The maximum absolute atomic E-state index is 12.6. The maximum atomic E-state index is 12.6. The average molecular weight is 343 g/mol. The molecule has 4 heteroatoms. The fraction of sp³-hybridized carbons (Fsp3) is 0.350. The van der Waals surface area contributed by atoms with Crippen molar-refractivity contribution < 1.29 is 4.79 Å². The van der Waals surface area contributed by atoms with E-state index < -0.39 is 0 Å². The first-order valence-corrected chi connectivity index (χ1v) is 8.77. The van der Waals surface area contributed by atoms with Crippen LogP contribution in [0.15, 0.2) is 48.5 Å². The third-order valence-electron chi connectivity index (χ3n) is 4.83. The van der Waals surface area contributed by atoms with Crippen molar-refractivity contribution in [2.75, 3.05) is 25.0 Å². The summed E-state index contributed by atoms with van der Waals surface area (Å²) >= 11 is 5.96. The van der Waals surface area contributed by atoms with E-state index >= 15 is 0 Å². The number of benzene rings is 2. The molecule has 1 fully saturated rings. The van der Waals surface area contributed by atoms with Crippen molar-refractivity contribution in [1.29, 1.82) is 0 Å². The number of carbonyl (C=O) groups is 1. The van der Waals surface area contributed by atoms with E-state index in [-0.39, 0.29) is 5.91 Å². The van der Waals surface area contributed by atoms with Crippen LogP contribution in [0.3, 0.4) is 0 Å². The Kier molecular flexibility index (Phi) is 5.10. The van der Waals surface area contributed by atoms with Crippen LogP contribution in [0.5, 0.6) is 0 Å². The van der Waals surface area contributed by atoms with Gasteiger partial charge in [0.2, 0.25) is 0 Å². The topological polar surface area (TPSA) is 23.6 Å². The van der Waals surface area contributed by atoms with Crippen molar-refractivity contribution in [2.24, 2.45) is 0 Å². The van der Waals surface area contributed by atoms with Gasteiger partial charge in [0.1, 0.15) is 0 Å². The minimum atomic E-state index is 0.141. The lowest BCUT2D eigenvalue weighted by Gasteiger charge is -2.38. The van der Waals surface area contributed by atoms with E-state index in [0.717, 1.165) is 36.5 Å². The smallest absolute Gasteiger partial charge is 0.253 e. The zero-order valence-corrected chi connectivity index (χ0v) is 15.0. The number of hydrogen-bond donors (Lipinski definition) is 0. The molecular weight excluding hydrogens is 320 g/mol. The van der Waals surface area contributed by atoms with Crippen molar-refractivity contribution in [1.82, 2.24) is 4.90 Å². The van der Waals surface area contributed by atoms with Gasteiger partial charge in [-0.15, -0.1) is 0 Å². The van der Waals surface area contributed by atoms with Gasteiger partial charge in [0.25, 0.3) is 5.91 Å². The fourth-order valence-electron chi connectivity index (χ4n) is 3.22. The van der Waals surface area contributed by atoms with E-state index in [1.165, 1.54) is 11.3 Å². The van der Waals surface area contributed by atoms with Crippen molar-refractivity contribution >= 4 is 23.2 Å². The Balaban J connectivity index is 1.60. The van der Waals surface area contributed by atoms with Gasteiger partial charge in [-0.1, -0.05) is 29.3 Å². The SMILES string of the molecule is Cc1ccc(C(=O)N2CCC(N(C)c3ccc(Cl)cc3)CC2)cc1. The summed E-state index contributed by atoms with van der Waals surface area (Å²) in [4.78, 5) is 16.9. The predicted molar refractivity (Wildman–Crippen MR) is 100.0 cm³/mol. The molecule has 0 radical (unpaired) electrons. The number of amides is 1. The van der Waals surface area contributed by atoms with Crippen LogP contribution in [0.4, 0.5) is 5.69 Å². The molecule has 3 rings (SSSR count). The van der Waals surface area contributed by atoms with Gasteiger partial charge < -0.3 is 9.80 Å². The van der Waals surface area contributed by atoms with Crippen LogP contribution in [-0.4, -0.2) is 37.0 Å². The molecular formula is C20H23ClN2O. The van der Waals surface area contributed by atoms with Gasteiger partial charge in [0, 0.05) is 42.5 Å². The van der Waals surface area contributed by atoms with Gasteiger partial charge in [-0.05, 0) is 56.2 Å². The molecule has 1 heterocycles. The summed E-state index contributed by atoms with van der Waals surface area (Å²) in [5.41, 5.74) is 3.13. The minimum Gasteiger partial charge on any atom is -0.371 e. The second kappa shape index (κ2) is 7.27. The molecule has 2 aromatic rings. The summed E-state index contributed by atoms with van der Waals surface area (Å²) in [5, 5.41) is 0.755. The summed E-state index contributed by atoms with van der Waals surface area (Å²) in [6.07, 6.45) is 1.97. The molecule has 0 bridgehead atoms. The molecule has 0 N–H and O–H groups in total. The number of aryl methyl sites for hydroxylation is 1. The number of rotatable bonds is 3. The van der Waals surface area contributed by atoms with Gasteiger partial charge in [-0.3, -0.25) is 4.79 Å². The normalized spacial score (nSPS) is 15.4. The van der Waals surface area contributed by atoms with Gasteiger partial charge in [0.15, 0.2) is 0 Å². The van der Waals surface area contributed by atoms with E-state index in [0.29, 0.717) is 6.04 Å². The van der Waals surface area contributed by atoms with E-state index in [2.05, 4.69) is 11.9 Å². The molecule has 1 aliphatic rings. The van der Waals surface area contributed by atoms with E-state index in [1.54, 1.807) is 0 Å². The van der Waals surface area contributed by atoms with Gasteiger partial charge >= 0.3 is 0 Å². The zero-order chi connectivity index (χ0) is 17.1. The Morgan fingerprint density at radius 1 is 1.04 bits per heavy atom. The number of carbonyl (C=O) groups excluding carboxylic acids is 1. The molecule has 126 valence electrons. The van der Waals surface area contributed by atoms with Crippen LogP contribution in [0.25, 0.3) is 0 Å². The highest BCUT2D eigenvalue weighted by Gasteiger charge is 2.26. The Morgan fingerprint density at radius 2 is 1.62 bits per heavy atom. The summed E-state index contributed by atoms with van der Waals surface area (Å²) in [7, 11) is 2.12. The Hall–Kier alpha value is -2.00. The molecule has 0 atom stereocenters. The van der Waals surface area contributed by atoms with Crippen LogP contribution in [-0.2, 0) is 0 Å². The highest BCUT2D eigenvalue weighted by molar-refractivity contribution is 6.30. The summed E-state index contributed by atoms with van der Waals surface area (Å²) in [5.74, 6) is 0.141. The lowest BCUT2D eigenvalue weighted by Crippen LogP contribution is -2.45. The summed E-state index contributed by atoms with van der Waals surface area (Å²) < 4.78 is 0. The van der Waals surface area contributed by atoms with Crippen molar-refractivity contribution in [3.05, 3.63) is 64.7 Å². The number of piperidine rings is 1. The monoisotopic (exact) mass is 342 g/mol. The molecule has 3 nitrogen and oxygen atoms in total. The van der Waals surface area contributed by atoms with Crippen molar-refractivity contribution in [3.63, 3.8) is 0 Å². The quantitative estimate of drug-likeness (QED) is 0.826. The van der Waals surface area contributed by atoms with Crippen LogP contribution >= 0.6 is 11.6 Å². The summed E-state index contributed by atoms with van der Waals surface area (Å²) in [6.45, 7) is 3.64. The Morgan fingerprint density at radius 3 is 2.21 bits per heavy atom. The first kappa shape index (κ1) is 16.8. The third kappa shape index (κ3) is 3.73. The molecule has 0 unspecified atom stereocenters. The second-order valence-electron chi connectivity index (χ2n) is 6.48. The van der Waals surface area contributed by atoms with Gasteiger partial charge in [-0.25, -0.2) is 0 Å². The highest BCUT2D eigenvalue weighted by Crippen LogP contribution is 2.24.